The van der Waals surface area contributed by atoms with Gasteiger partial charge in [0, 0.05) is 146 Å². The van der Waals surface area contributed by atoms with E-state index >= 15 is 0 Å². The van der Waals surface area contributed by atoms with Gasteiger partial charge in [-0.25, -0.2) is 14.4 Å². The number of ketones is 1. The lowest BCUT2D eigenvalue weighted by molar-refractivity contribution is -0.201. The van der Waals surface area contributed by atoms with Crippen LogP contribution in [0.5, 0.6) is 0 Å². The number of hydroxylamine groups is 6. The van der Waals surface area contributed by atoms with Crippen molar-refractivity contribution in [3.05, 3.63) is 48.6 Å². The third-order valence-corrected chi connectivity index (χ3v) is 16.3. The maximum atomic E-state index is 12.3. The molecule has 32 heteroatoms. The molecular formula is C67H92N8O24. The Labute approximate surface area is 573 Å². The van der Waals surface area contributed by atoms with Crippen LogP contribution in [-0.2, 0) is 115 Å². The third kappa shape index (κ3) is 26.4. The van der Waals surface area contributed by atoms with E-state index in [-0.39, 0.29) is 190 Å². The van der Waals surface area contributed by atoms with E-state index in [4.69, 9.17) is 19.2 Å². The Bertz CT molecular complexity index is 3090. The number of imide groups is 7. The van der Waals surface area contributed by atoms with E-state index in [1.165, 1.54) is 65.3 Å². The van der Waals surface area contributed by atoms with Crippen molar-refractivity contribution in [2.24, 2.45) is 23.7 Å². The standard InChI is InChI=1S/C22H28N2O8.C17H21N3O7.C16H18N2O6.C8H9NO3.4CH4/c25-17-9-10-18(26)23(17)14-15-5-7-16(8-6-15)22(30)31-13-3-1-2-4-21(29)32-24-19(27)11-12-20(24)28;21-12(9-11-19-13(22)5-6-14(19)23)18-10-3-1-2-4-17(26)27-20-15(24)7-8-16(20)25;19-12-5-6-13(20)17(12)9-10-1-3-11(4-2-10)16(23)24-18-14(21)7-8-15(18)22;1-6(10)4-5-9-7(11)2-3-8(9)12;;;;/h9-10,15-16H,1-8,11-14H2;5-6H,1-4,7-11H2,(H,18,21);5-6,10-11H,1-4,7-9H2;2-3H,4-5H2,1H3;4*1H4. The number of carbonyl (C=O) groups excluding carboxylic acids is 20. The molecule has 0 aromatic carbocycles. The van der Waals surface area contributed by atoms with Gasteiger partial charge in [0.25, 0.3) is 82.7 Å². The van der Waals surface area contributed by atoms with Crippen molar-refractivity contribution in [3.8, 4) is 0 Å². The highest BCUT2D eigenvalue weighted by atomic mass is 16.7. The quantitative estimate of drug-likeness (QED) is 0.0694. The fourth-order valence-corrected chi connectivity index (χ4v) is 10.8. The van der Waals surface area contributed by atoms with Crippen LogP contribution in [0.2, 0.25) is 0 Å². The summed E-state index contributed by atoms with van der Waals surface area (Å²) in [5.74, 6) is -8.19. The number of unbranched alkanes of at least 4 members (excludes halogenated alkanes) is 4. The van der Waals surface area contributed by atoms with Gasteiger partial charge < -0.3 is 24.6 Å². The third-order valence-electron chi connectivity index (χ3n) is 16.3. The topological polar surface area (TPSA) is 413 Å². The summed E-state index contributed by atoms with van der Waals surface area (Å²) < 4.78 is 5.35. The Morgan fingerprint density at radius 1 is 0.374 bits per heavy atom. The zero-order valence-corrected chi connectivity index (χ0v) is 52.6. The predicted molar refractivity (Wildman–Crippen MR) is 344 cm³/mol. The van der Waals surface area contributed by atoms with Crippen molar-refractivity contribution in [1.29, 1.82) is 0 Å². The lowest BCUT2D eigenvalue weighted by Gasteiger charge is -2.29. The molecule has 9 aliphatic rings. The van der Waals surface area contributed by atoms with E-state index in [1.807, 2.05) is 0 Å². The monoisotopic (exact) mass is 1390 g/mol. The molecule has 9 rings (SSSR count). The minimum atomic E-state index is -0.642. The molecule has 1 N–H and O–H groups in total. The number of Topliss-reactive ketones (excluding diaryl/α,β-unsaturated/α-hetero) is 1. The van der Waals surface area contributed by atoms with E-state index in [0.29, 0.717) is 112 Å². The minimum Gasteiger partial charge on any atom is -0.465 e. The number of esters is 1. The average molecular weight is 1390 g/mol. The van der Waals surface area contributed by atoms with Crippen LogP contribution < -0.4 is 5.32 Å². The summed E-state index contributed by atoms with van der Waals surface area (Å²) in [6, 6.07) is 0. The number of rotatable bonds is 27. The van der Waals surface area contributed by atoms with Gasteiger partial charge in [0.2, 0.25) is 5.91 Å². The lowest BCUT2D eigenvalue weighted by Crippen LogP contribution is -2.38. The van der Waals surface area contributed by atoms with Gasteiger partial charge in [-0.3, -0.25) is 101 Å². The maximum absolute atomic E-state index is 12.3. The number of amides is 15. The van der Waals surface area contributed by atoms with Crippen LogP contribution in [0.4, 0.5) is 0 Å². The summed E-state index contributed by atoms with van der Waals surface area (Å²) >= 11 is 0. The highest BCUT2D eigenvalue weighted by molar-refractivity contribution is 6.15. The SMILES string of the molecule is C.C.C.C.CC(=O)CCN1C(=O)C=CC1=O.O=C(CCCCCOC(=O)C1CCC(CN2C(=O)C=CC2=O)CC1)ON1C(=O)CCC1=O.O=C(CCN1C(=O)C=CC1=O)NCCCCCC(=O)ON1C(=O)CCC1=O.O=C(ON1C(=O)CCC1=O)C1CCC(CN2C(=O)C=CC2=O)CC1. The highest BCUT2D eigenvalue weighted by Gasteiger charge is 2.39. The first-order valence-corrected chi connectivity index (χ1v) is 31.6. The summed E-state index contributed by atoms with van der Waals surface area (Å²) in [5, 5.41) is 4.30. The molecule has 0 bridgehead atoms. The van der Waals surface area contributed by atoms with Gasteiger partial charge in [-0.05, 0) is 102 Å². The molecule has 2 aliphatic carbocycles. The predicted octanol–water partition coefficient (Wildman–Crippen LogP) is 3.77. The van der Waals surface area contributed by atoms with E-state index in [0.717, 1.165) is 22.6 Å². The van der Waals surface area contributed by atoms with Gasteiger partial charge in [-0.2, -0.15) is 0 Å². The van der Waals surface area contributed by atoms with Crippen LogP contribution >= 0.6 is 0 Å². The Balaban J connectivity index is 0.000000460. The van der Waals surface area contributed by atoms with Gasteiger partial charge in [-0.1, -0.05) is 36.1 Å². The molecule has 5 fully saturated rings. The lowest BCUT2D eigenvalue weighted by atomic mass is 9.82. The number of hydrogen-bond acceptors (Lipinski definition) is 24. The van der Waals surface area contributed by atoms with Gasteiger partial charge in [0.05, 0.1) is 18.4 Å². The first-order chi connectivity index (χ1) is 45.3. The molecule has 2 saturated carbocycles. The summed E-state index contributed by atoms with van der Waals surface area (Å²) in [5.41, 5.74) is 0. The first-order valence-electron chi connectivity index (χ1n) is 31.6. The van der Waals surface area contributed by atoms with Crippen LogP contribution in [0, 0.1) is 23.7 Å². The molecule has 0 spiro atoms. The number of carbonyl (C=O) groups is 20. The Kier molecular flexibility index (Phi) is 36.0. The molecule has 3 saturated heterocycles. The Hall–Kier alpha value is -10.0. The van der Waals surface area contributed by atoms with E-state index in [1.54, 1.807) is 0 Å². The molecule has 0 aromatic rings. The molecule has 7 heterocycles. The van der Waals surface area contributed by atoms with Crippen molar-refractivity contribution in [3.63, 3.8) is 0 Å². The summed E-state index contributed by atoms with van der Waals surface area (Å²) in [7, 11) is 0. The fourth-order valence-electron chi connectivity index (χ4n) is 10.8. The molecule has 0 atom stereocenters. The van der Waals surface area contributed by atoms with Crippen molar-refractivity contribution in [2.75, 3.05) is 39.3 Å². The Morgan fingerprint density at radius 3 is 1.04 bits per heavy atom. The Morgan fingerprint density at radius 2 is 0.687 bits per heavy atom. The zero-order valence-electron chi connectivity index (χ0n) is 52.6. The maximum Gasteiger partial charge on any atom is 0.336 e. The van der Waals surface area contributed by atoms with Gasteiger partial charge >= 0.3 is 23.9 Å². The number of nitrogens with one attached hydrogen (secondary N) is 1. The smallest absolute Gasteiger partial charge is 0.336 e. The van der Waals surface area contributed by atoms with Crippen LogP contribution in [0.15, 0.2) is 48.6 Å². The minimum absolute atomic E-state index is 0. The molecule has 15 amide bonds. The molecule has 7 aliphatic heterocycles. The number of hydrogen-bond donors (Lipinski definition) is 1. The molecule has 544 valence electrons. The summed E-state index contributed by atoms with van der Waals surface area (Å²) in [4.78, 5) is 248. The normalized spacial score (nSPS) is 20.6. The van der Waals surface area contributed by atoms with Crippen LogP contribution in [0.3, 0.4) is 0 Å². The van der Waals surface area contributed by atoms with Crippen molar-refractivity contribution >= 4 is 118 Å². The first kappa shape index (κ1) is 85.0. The highest BCUT2D eigenvalue weighted by Crippen LogP contribution is 2.33. The summed E-state index contributed by atoms with van der Waals surface area (Å²) in [6.07, 6.45) is 19.5. The largest absolute Gasteiger partial charge is 0.465 e. The second-order valence-corrected chi connectivity index (χ2v) is 23.4. The average Bonchev–Trinajstić information content (AvgIpc) is 1.84. The van der Waals surface area contributed by atoms with Crippen LogP contribution in [0.25, 0.3) is 0 Å². The molecule has 99 heavy (non-hydrogen) atoms. The van der Waals surface area contributed by atoms with Crippen molar-refractivity contribution < 1.29 is 115 Å². The van der Waals surface area contributed by atoms with Gasteiger partial charge in [-0.15, -0.1) is 15.2 Å². The molecular weight excluding hydrogens is 1300 g/mol. The number of ether oxygens (including phenoxy) is 1. The van der Waals surface area contributed by atoms with E-state index < -0.39 is 65.2 Å². The second-order valence-electron chi connectivity index (χ2n) is 23.4. The molecule has 0 aromatic heterocycles. The van der Waals surface area contributed by atoms with E-state index in [9.17, 15) is 95.9 Å². The van der Waals surface area contributed by atoms with Crippen molar-refractivity contribution in [2.45, 2.75) is 191 Å². The van der Waals surface area contributed by atoms with Gasteiger partial charge in [0.1, 0.15) is 5.78 Å². The molecule has 32 nitrogen and oxygen atoms in total. The molecule has 0 radical (unpaired) electrons. The summed E-state index contributed by atoms with van der Waals surface area (Å²) in [6.45, 7) is 3.08. The van der Waals surface area contributed by atoms with Crippen LogP contribution in [0.1, 0.15) is 191 Å². The number of nitrogens with zero attached hydrogens (tertiary/aromatic N) is 7. The zero-order chi connectivity index (χ0) is 69.3. The van der Waals surface area contributed by atoms with Gasteiger partial charge in [0.15, 0.2) is 0 Å². The van der Waals surface area contributed by atoms with E-state index in [2.05, 4.69) is 5.32 Å². The second kappa shape index (κ2) is 41.9. The molecule has 0 unspecified atom stereocenters. The van der Waals surface area contributed by atoms with Crippen LogP contribution in [-0.4, -0.2) is 192 Å². The fraction of sp³-hybridized carbons (Fsp3) is 0.582. The van der Waals surface area contributed by atoms with Crippen molar-refractivity contribution in [1.82, 2.24) is 40.1 Å².